The summed E-state index contributed by atoms with van der Waals surface area (Å²) in [5.41, 5.74) is 0. The number of hydrogen-bond acceptors (Lipinski definition) is 5. The average molecular weight is 326 g/mol. The van der Waals surface area contributed by atoms with Crippen molar-refractivity contribution in [2.75, 3.05) is 6.61 Å². The average Bonchev–Trinajstić information content (AvgIpc) is 2.91. The Labute approximate surface area is 125 Å². The van der Waals surface area contributed by atoms with Crippen LogP contribution in [0.1, 0.15) is 9.75 Å². The van der Waals surface area contributed by atoms with Gasteiger partial charge in [0.15, 0.2) is 5.82 Å². The summed E-state index contributed by atoms with van der Waals surface area (Å²) in [6.07, 6.45) is 1.21. The Bertz CT molecular complexity index is 791. The zero-order valence-electron chi connectivity index (χ0n) is 10.7. The van der Waals surface area contributed by atoms with Crippen LogP contribution in [0, 0.1) is 17.7 Å². The molecule has 2 aromatic heterocycles. The zero-order valence-corrected chi connectivity index (χ0v) is 12.3. The SMILES string of the molecule is O=S(=O)(NCc1ccc(C#CCO)s1)c1ncccc1F. The topological polar surface area (TPSA) is 79.3 Å². The molecule has 2 N–H and O–H groups in total. The number of pyridine rings is 1. The Morgan fingerprint density at radius 3 is 2.90 bits per heavy atom. The maximum Gasteiger partial charge on any atom is 0.261 e. The van der Waals surface area contributed by atoms with Crippen molar-refractivity contribution in [1.82, 2.24) is 9.71 Å². The summed E-state index contributed by atoms with van der Waals surface area (Å²) in [5, 5.41) is 7.97. The summed E-state index contributed by atoms with van der Waals surface area (Å²) in [4.78, 5) is 4.97. The van der Waals surface area contributed by atoms with Gasteiger partial charge in [-0.2, -0.15) is 0 Å². The summed E-state index contributed by atoms with van der Waals surface area (Å²) in [6, 6.07) is 5.79. The highest BCUT2D eigenvalue weighted by Gasteiger charge is 2.20. The van der Waals surface area contributed by atoms with Crippen LogP contribution in [0.3, 0.4) is 0 Å². The molecule has 21 heavy (non-hydrogen) atoms. The van der Waals surface area contributed by atoms with Crippen molar-refractivity contribution in [3.63, 3.8) is 0 Å². The van der Waals surface area contributed by atoms with Gasteiger partial charge >= 0.3 is 0 Å². The first kappa shape index (κ1) is 15.6. The van der Waals surface area contributed by atoms with Gasteiger partial charge in [-0.05, 0) is 24.3 Å². The summed E-state index contributed by atoms with van der Waals surface area (Å²) >= 11 is 1.29. The fourth-order valence-corrected chi connectivity index (χ4v) is 3.39. The Hall–Kier alpha value is -1.79. The number of rotatable bonds is 4. The fourth-order valence-electron chi connectivity index (χ4n) is 1.47. The number of thiophene rings is 1. The first-order valence-corrected chi connectivity index (χ1v) is 8.11. The lowest BCUT2D eigenvalue weighted by molar-refractivity contribution is 0.350. The molecule has 0 aliphatic rings. The van der Waals surface area contributed by atoms with Crippen LogP contribution in [-0.4, -0.2) is 25.1 Å². The molecule has 0 unspecified atom stereocenters. The van der Waals surface area contributed by atoms with Crippen LogP contribution in [0.15, 0.2) is 35.5 Å². The maximum atomic E-state index is 13.4. The van der Waals surface area contributed by atoms with Gasteiger partial charge in [0.05, 0.1) is 4.88 Å². The highest BCUT2D eigenvalue weighted by molar-refractivity contribution is 7.89. The van der Waals surface area contributed by atoms with E-state index in [2.05, 4.69) is 21.5 Å². The fraction of sp³-hybridized carbons (Fsp3) is 0.154. The molecule has 0 fully saturated rings. The molecule has 110 valence electrons. The van der Waals surface area contributed by atoms with Crippen LogP contribution < -0.4 is 4.72 Å². The van der Waals surface area contributed by atoms with Crippen molar-refractivity contribution < 1.29 is 17.9 Å². The molecule has 5 nitrogen and oxygen atoms in total. The minimum atomic E-state index is -4.00. The highest BCUT2D eigenvalue weighted by atomic mass is 32.2. The molecule has 0 amide bonds. The molecule has 8 heteroatoms. The second kappa shape index (κ2) is 6.78. The number of hydrogen-bond donors (Lipinski definition) is 2. The second-order valence-electron chi connectivity index (χ2n) is 3.84. The maximum absolute atomic E-state index is 13.4. The number of aliphatic hydroxyl groups excluding tert-OH is 1. The summed E-state index contributed by atoms with van der Waals surface area (Å²) in [6.45, 7) is -0.220. The van der Waals surface area contributed by atoms with E-state index in [4.69, 9.17) is 5.11 Å². The molecule has 0 saturated carbocycles. The van der Waals surface area contributed by atoms with Crippen LogP contribution >= 0.6 is 11.3 Å². The number of nitrogens with one attached hydrogen (secondary N) is 1. The van der Waals surface area contributed by atoms with Gasteiger partial charge in [0.1, 0.15) is 6.61 Å². The van der Waals surface area contributed by atoms with Gasteiger partial charge in [0.2, 0.25) is 5.03 Å². The summed E-state index contributed by atoms with van der Waals surface area (Å²) < 4.78 is 39.6. The molecule has 0 aliphatic heterocycles. The van der Waals surface area contributed by atoms with Crippen LogP contribution in [0.25, 0.3) is 0 Å². The second-order valence-corrected chi connectivity index (χ2v) is 6.69. The molecule has 0 spiro atoms. The number of sulfonamides is 1. The number of aliphatic hydroxyl groups is 1. The van der Waals surface area contributed by atoms with E-state index in [1.54, 1.807) is 12.1 Å². The quantitative estimate of drug-likeness (QED) is 0.825. The van der Waals surface area contributed by atoms with E-state index in [-0.39, 0.29) is 13.2 Å². The smallest absolute Gasteiger partial charge is 0.261 e. The van der Waals surface area contributed by atoms with E-state index in [1.807, 2.05) is 0 Å². The molecule has 2 rings (SSSR count). The third-order valence-electron chi connectivity index (χ3n) is 2.37. The Kier molecular flexibility index (Phi) is 5.03. The van der Waals surface area contributed by atoms with E-state index >= 15 is 0 Å². The molecule has 0 aromatic carbocycles. The first-order valence-electron chi connectivity index (χ1n) is 5.81. The van der Waals surface area contributed by atoms with E-state index in [1.165, 1.54) is 23.6 Å². The van der Waals surface area contributed by atoms with Gasteiger partial charge in [-0.15, -0.1) is 11.3 Å². The lowest BCUT2D eigenvalue weighted by Crippen LogP contribution is -2.24. The normalized spacial score (nSPS) is 11.0. The Morgan fingerprint density at radius 1 is 1.38 bits per heavy atom. The van der Waals surface area contributed by atoms with Gasteiger partial charge in [-0.1, -0.05) is 11.8 Å². The molecular formula is C13H11FN2O3S2. The number of nitrogens with zero attached hydrogens (tertiary/aromatic N) is 1. The monoisotopic (exact) mass is 326 g/mol. The molecule has 2 heterocycles. The minimum Gasteiger partial charge on any atom is -0.384 e. The van der Waals surface area contributed by atoms with Crippen molar-refractivity contribution in [2.24, 2.45) is 0 Å². The first-order chi connectivity index (χ1) is 10.0. The zero-order chi connectivity index (χ0) is 15.3. The van der Waals surface area contributed by atoms with E-state index in [0.717, 1.165) is 10.9 Å². The lowest BCUT2D eigenvalue weighted by atomic mass is 10.4. The molecule has 0 radical (unpaired) electrons. The van der Waals surface area contributed by atoms with Crippen molar-refractivity contribution in [1.29, 1.82) is 0 Å². The highest BCUT2D eigenvalue weighted by Crippen LogP contribution is 2.16. The van der Waals surface area contributed by atoms with E-state index in [9.17, 15) is 12.8 Å². The number of aromatic nitrogens is 1. The van der Waals surface area contributed by atoms with Crippen molar-refractivity contribution in [2.45, 2.75) is 11.6 Å². The Balaban J connectivity index is 2.09. The van der Waals surface area contributed by atoms with Crippen LogP contribution in [-0.2, 0) is 16.6 Å². The van der Waals surface area contributed by atoms with E-state index < -0.39 is 20.9 Å². The summed E-state index contributed by atoms with van der Waals surface area (Å²) in [7, 11) is -4.00. The van der Waals surface area contributed by atoms with Gasteiger partial charge < -0.3 is 5.11 Å². The molecule has 0 bridgehead atoms. The Morgan fingerprint density at radius 2 is 2.19 bits per heavy atom. The van der Waals surface area contributed by atoms with Gasteiger partial charge in [-0.3, -0.25) is 0 Å². The molecule has 0 saturated heterocycles. The molecule has 0 atom stereocenters. The van der Waals surface area contributed by atoms with Crippen molar-refractivity contribution >= 4 is 21.4 Å². The standard InChI is InChI=1S/C13H11FN2O3S2/c14-12-4-1-7-15-13(12)21(18,19)16-9-11-6-5-10(20-11)3-2-8-17/h1,4-7,16-17H,8-9H2. The predicted octanol–water partition coefficient (Wildman–Crippen LogP) is 1.10. The molecular weight excluding hydrogens is 315 g/mol. The molecule has 2 aromatic rings. The third kappa shape index (κ3) is 4.09. The third-order valence-corrected chi connectivity index (χ3v) is 4.70. The van der Waals surface area contributed by atoms with Crippen LogP contribution in [0.4, 0.5) is 4.39 Å². The van der Waals surface area contributed by atoms with Gasteiger partial charge in [0.25, 0.3) is 10.0 Å². The predicted molar refractivity (Wildman–Crippen MR) is 76.5 cm³/mol. The van der Waals surface area contributed by atoms with Gasteiger partial charge in [0, 0.05) is 17.6 Å². The number of halogens is 1. The summed E-state index contributed by atoms with van der Waals surface area (Å²) in [5.74, 6) is 4.33. The minimum absolute atomic E-state index is 0.0177. The van der Waals surface area contributed by atoms with Gasteiger partial charge in [-0.25, -0.2) is 22.5 Å². The molecule has 0 aliphatic carbocycles. The van der Waals surface area contributed by atoms with Crippen molar-refractivity contribution in [3.05, 3.63) is 46.0 Å². The van der Waals surface area contributed by atoms with Crippen LogP contribution in [0.5, 0.6) is 0 Å². The van der Waals surface area contributed by atoms with Crippen LogP contribution in [0.2, 0.25) is 0 Å². The largest absolute Gasteiger partial charge is 0.384 e. The lowest BCUT2D eigenvalue weighted by Gasteiger charge is -2.05. The van der Waals surface area contributed by atoms with Crippen molar-refractivity contribution in [3.8, 4) is 11.8 Å². The van der Waals surface area contributed by atoms with E-state index in [0.29, 0.717) is 4.88 Å².